The average molecular weight is 308 g/mol. The smallest absolute Gasteiger partial charge is 0.321 e. The van der Waals surface area contributed by atoms with Gasteiger partial charge in [0.25, 0.3) is 10.2 Å². The number of hydrogen-bond donors (Lipinski definition) is 3. The minimum absolute atomic E-state index is 0.225. The molecule has 3 N–H and O–H groups in total. The van der Waals surface area contributed by atoms with Gasteiger partial charge >= 0.3 is 11.9 Å². The Morgan fingerprint density at radius 1 is 1.40 bits per heavy atom. The zero-order valence-electron chi connectivity index (χ0n) is 11.3. The SMILES string of the molecule is CC1CCCN(S(=O)(=O)NC(CCC(=O)O)C(=O)O)C1. The zero-order valence-corrected chi connectivity index (χ0v) is 12.1. The maximum absolute atomic E-state index is 12.1. The Bertz CT molecular complexity index is 464. The summed E-state index contributed by atoms with van der Waals surface area (Å²) in [4.78, 5) is 21.5. The summed E-state index contributed by atoms with van der Waals surface area (Å²) in [6, 6.07) is -1.42. The third kappa shape index (κ3) is 5.06. The van der Waals surface area contributed by atoms with E-state index in [-0.39, 0.29) is 12.3 Å². The summed E-state index contributed by atoms with van der Waals surface area (Å²) < 4.78 is 27.5. The van der Waals surface area contributed by atoms with Crippen LogP contribution < -0.4 is 4.72 Å². The van der Waals surface area contributed by atoms with Crippen molar-refractivity contribution < 1.29 is 28.2 Å². The van der Waals surface area contributed by atoms with E-state index in [0.29, 0.717) is 13.1 Å². The predicted octanol–water partition coefficient (Wildman–Crippen LogP) is -0.129. The van der Waals surface area contributed by atoms with E-state index in [1.807, 2.05) is 6.92 Å². The van der Waals surface area contributed by atoms with Gasteiger partial charge in [-0.15, -0.1) is 0 Å². The topological polar surface area (TPSA) is 124 Å². The van der Waals surface area contributed by atoms with E-state index in [9.17, 15) is 18.0 Å². The summed E-state index contributed by atoms with van der Waals surface area (Å²) in [5.41, 5.74) is 0. The molecule has 2 unspecified atom stereocenters. The van der Waals surface area contributed by atoms with E-state index in [4.69, 9.17) is 10.2 Å². The molecule has 0 spiro atoms. The Kier molecular flexibility index (Phi) is 5.90. The summed E-state index contributed by atoms with van der Waals surface area (Å²) in [7, 11) is -3.90. The predicted molar refractivity (Wildman–Crippen MR) is 70.3 cm³/mol. The minimum atomic E-state index is -3.90. The van der Waals surface area contributed by atoms with Gasteiger partial charge in [0.1, 0.15) is 6.04 Å². The van der Waals surface area contributed by atoms with E-state index in [0.717, 1.165) is 12.8 Å². The van der Waals surface area contributed by atoms with E-state index < -0.39 is 34.6 Å². The molecule has 1 heterocycles. The minimum Gasteiger partial charge on any atom is -0.481 e. The lowest BCUT2D eigenvalue weighted by atomic mass is 10.0. The first kappa shape index (κ1) is 16.9. The highest BCUT2D eigenvalue weighted by Crippen LogP contribution is 2.18. The van der Waals surface area contributed by atoms with Crippen LogP contribution in [0.5, 0.6) is 0 Å². The van der Waals surface area contributed by atoms with Gasteiger partial charge < -0.3 is 10.2 Å². The number of hydrogen-bond acceptors (Lipinski definition) is 4. The van der Waals surface area contributed by atoms with Crippen LogP contribution in [0.3, 0.4) is 0 Å². The number of piperidine rings is 1. The quantitative estimate of drug-likeness (QED) is 0.602. The molecule has 0 aliphatic carbocycles. The molecule has 20 heavy (non-hydrogen) atoms. The molecular weight excluding hydrogens is 288 g/mol. The summed E-state index contributed by atoms with van der Waals surface area (Å²) in [6.07, 6.45) is 0.978. The second-order valence-corrected chi connectivity index (χ2v) is 6.75. The molecule has 8 nitrogen and oxygen atoms in total. The van der Waals surface area contributed by atoms with Gasteiger partial charge in [0, 0.05) is 19.5 Å². The van der Waals surface area contributed by atoms with E-state index in [1.165, 1.54) is 4.31 Å². The van der Waals surface area contributed by atoms with Crippen molar-refractivity contribution in [3.05, 3.63) is 0 Å². The van der Waals surface area contributed by atoms with Gasteiger partial charge in [0.15, 0.2) is 0 Å². The molecular formula is C11H20N2O6S. The fraction of sp³-hybridized carbons (Fsp3) is 0.818. The molecule has 0 amide bonds. The summed E-state index contributed by atoms with van der Waals surface area (Å²) in [5, 5.41) is 17.5. The van der Waals surface area contributed by atoms with Crippen molar-refractivity contribution in [2.75, 3.05) is 13.1 Å². The highest BCUT2D eigenvalue weighted by atomic mass is 32.2. The zero-order chi connectivity index (χ0) is 15.3. The molecule has 0 bridgehead atoms. The Hall–Kier alpha value is -1.19. The Balaban J connectivity index is 2.70. The molecule has 1 rings (SSSR count). The number of carboxylic acids is 2. The average Bonchev–Trinajstić information content (AvgIpc) is 2.34. The first-order valence-corrected chi connectivity index (χ1v) is 7.88. The Morgan fingerprint density at radius 3 is 2.55 bits per heavy atom. The van der Waals surface area contributed by atoms with Crippen molar-refractivity contribution in [1.82, 2.24) is 9.03 Å². The van der Waals surface area contributed by atoms with Crippen molar-refractivity contribution in [2.45, 2.75) is 38.6 Å². The normalized spacial score (nSPS) is 22.4. The van der Waals surface area contributed by atoms with Crippen LogP contribution in [0, 0.1) is 5.92 Å². The lowest BCUT2D eigenvalue weighted by Crippen LogP contribution is -2.51. The maximum atomic E-state index is 12.1. The number of nitrogens with zero attached hydrogens (tertiary/aromatic N) is 1. The number of aliphatic carboxylic acids is 2. The van der Waals surface area contributed by atoms with E-state index >= 15 is 0 Å². The van der Waals surface area contributed by atoms with Crippen LogP contribution in [0.2, 0.25) is 0 Å². The van der Waals surface area contributed by atoms with E-state index in [2.05, 4.69) is 4.72 Å². The molecule has 0 aromatic rings. The van der Waals surface area contributed by atoms with Crippen molar-refractivity contribution in [1.29, 1.82) is 0 Å². The van der Waals surface area contributed by atoms with Gasteiger partial charge in [0.05, 0.1) is 0 Å². The second-order valence-electron chi connectivity index (χ2n) is 5.05. The fourth-order valence-electron chi connectivity index (χ4n) is 2.12. The molecule has 1 saturated heterocycles. The van der Waals surface area contributed by atoms with Crippen LogP contribution >= 0.6 is 0 Å². The number of rotatable bonds is 7. The molecule has 0 aromatic heterocycles. The van der Waals surface area contributed by atoms with Crippen LogP contribution in [0.25, 0.3) is 0 Å². The van der Waals surface area contributed by atoms with Gasteiger partial charge in [-0.2, -0.15) is 17.4 Å². The molecule has 0 radical (unpaired) electrons. The standard InChI is InChI=1S/C11H20N2O6S/c1-8-3-2-6-13(7-8)20(18,19)12-9(11(16)17)4-5-10(14)15/h8-9,12H,2-7H2,1H3,(H,14,15)(H,16,17). The first-order chi connectivity index (χ1) is 9.22. The Morgan fingerprint density at radius 2 is 2.05 bits per heavy atom. The molecule has 0 aromatic carbocycles. The van der Waals surface area contributed by atoms with Gasteiger partial charge in [-0.25, -0.2) is 0 Å². The molecule has 116 valence electrons. The summed E-state index contributed by atoms with van der Waals surface area (Å²) in [5.74, 6) is -2.32. The molecule has 9 heteroatoms. The lowest BCUT2D eigenvalue weighted by molar-refractivity contribution is -0.140. The van der Waals surface area contributed by atoms with Crippen LogP contribution in [0.4, 0.5) is 0 Å². The number of carboxylic acid groups (broad SMARTS) is 2. The highest BCUT2D eigenvalue weighted by Gasteiger charge is 2.31. The summed E-state index contributed by atoms with van der Waals surface area (Å²) >= 11 is 0. The second kappa shape index (κ2) is 7.00. The maximum Gasteiger partial charge on any atom is 0.321 e. The highest BCUT2D eigenvalue weighted by molar-refractivity contribution is 7.87. The van der Waals surface area contributed by atoms with Crippen molar-refractivity contribution in [3.8, 4) is 0 Å². The van der Waals surface area contributed by atoms with Gasteiger partial charge in [0.2, 0.25) is 0 Å². The first-order valence-electron chi connectivity index (χ1n) is 6.44. The van der Waals surface area contributed by atoms with Crippen LogP contribution in [-0.2, 0) is 19.8 Å². The van der Waals surface area contributed by atoms with Crippen LogP contribution in [0.15, 0.2) is 0 Å². The van der Waals surface area contributed by atoms with Gasteiger partial charge in [-0.1, -0.05) is 6.92 Å². The van der Waals surface area contributed by atoms with Crippen molar-refractivity contribution in [2.24, 2.45) is 5.92 Å². The lowest BCUT2D eigenvalue weighted by Gasteiger charge is -2.30. The number of carbonyl (C=O) groups is 2. The molecule has 1 fully saturated rings. The molecule has 2 atom stereocenters. The van der Waals surface area contributed by atoms with Crippen molar-refractivity contribution in [3.63, 3.8) is 0 Å². The van der Waals surface area contributed by atoms with Gasteiger partial charge in [-0.3, -0.25) is 9.59 Å². The third-order valence-electron chi connectivity index (χ3n) is 3.20. The molecule has 0 saturated carbocycles. The third-order valence-corrected chi connectivity index (χ3v) is 4.79. The Labute approximate surface area is 118 Å². The van der Waals surface area contributed by atoms with Crippen LogP contribution in [-0.4, -0.2) is 54.0 Å². The number of nitrogens with one attached hydrogen (secondary N) is 1. The van der Waals surface area contributed by atoms with Crippen molar-refractivity contribution >= 4 is 22.1 Å². The monoisotopic (exact) mass is 308 g/mol. The summed E-state index contributed by atoms with van der Waals surface area (Å²) in [6.45, 7) is 2.63. The van der Waals surface area contributed by atoms with E-state index in [1.54, 1.807) is 0 Å². The molecule has 1 aliphatic heterocycles. The van der Waals surface area contributed by atoms with Gasteiger partial charge in [-0.05, 0) is 25.2 Å². The van der Waals surface area contributed by atoms with Crippen LogP contribution in [0.1, 0.15) is 32.6 Å². The largest absolute Gasteiger partial charge is 0.481 e. The molecule has 1 aliphatic rings. The fourth-order valence-corrected chi connectivity index (χ4v) is 3.67.